The van der Waals surface area contributed by atoms with Crippen LogP contribution in [0.3, 0.4) is 0 Å². The van der Waals surface area contributed by atoms with Gasteiger partial charge in [-0.3, -0.25) is 14.5 Å². The van der Waals surface area contributed by atoms with E-state index in [2.05, 4.69) is 24.8 Å². The van der Waals surface area contributed by atoms with Gasteiger partial charge in [0, 0.05) is 43.8 Å². The van der Waals surface area contributed by atoms with Gasteiger partial charge in [-0.15, -0.1) is 0 Å². The molecule has 2 N–H and O–H groups in total. The SMILES string of the molecule is [2H]C([2H])([2H])NC(=O)c1ccc(N2CCN(Cc3ccc4nc(CC(F)(F)F)c(=O)[nH]c4c3)CC2)cn1. The molecule has 4 rings (SSSR count). The fourth-order valence-corrected chi connectivity index (χ4v) is 3.77. The zero-order valence-electron chi connectivity index (χ0n) is 20.4. The van der Waals surface area contributed by atoms with E-state index >= 15 is 0 Å². The number of piperazine rings is 1. The van der Waals surface area contributed by atoms with Crippen molar-refractivity contribution in [2.75, 3.05) is 38.1 Å². The van der Waals surface area contributed by atoms with E-state index in [9.17, 15) is 22.8 Å². The third kappa shape index (κ3) is 5.48. The van der Waals surface area contributed by atoms with E-state index in [0.717, 1.165) is 24.3 Å². The molecule has 11 heteroatoms. The van der Waals surface area contributed by atoms with Crippen LogP contribution in [-0.4, -0.2) is 65.1 Å². The van der Waals surface area contributed by atoms with Crippen LogP contribution < -0.4 is 15.8 Å². The first-order valence-electron chi connectivity index (χ1n) is 11.7. The van der Waals surface area contributed by atoms with Gasteiger partial charge in [-0.2, -0.15) is 13.2 Å². The average molecular weight is 463 g/mol. The predicted octanol–water partition coefficient (Wildman–Crippen LogP) is 2.10. The molecule has 0 atom stereocenters. The molecule has 1 aromatic carbocycles. The van der Waals surface area contributed by atoms with Gasteiger partial charge in [-0.1, -0.05) is 6.07 Å². The molecule has 1 aliphatic heterocycles. The molecule has 33 heavy (non-hydrogen) atoms. The Morgan fingerprint density at radius 3 is 2.67 bits per heavy atom. The molecule has 0 radical (unpaired) electrons. The number of pyridine rings is 1. The molecular formula is C22H23F3N6O2. The molecule has 8 nitrogen and oxygen atoms in total. The monoisotopic (exact) mass is 463 g/mol. The summed E-state index contributed by atoms with van der Waals surface area (Å²) in [6.45, 7) is 0.824. The number of carbonyl (C=O) groups is 1. The van der Waals surface area contributed by atoms with Gasteiger partial charge >= 0.3 is 6.18 Å². The fourth-order valence-electron chi connectivity index (χ4n) is 3.77. The van der Waals surface area contributed by atoms with Crippen LogP contribution >= 0.6 is 0 Å². The van der Waals surface area contributed by atoms with Crippen LogP contribution in [0.25, 0.3) is 11.0 Å². The van der Waals surface area contributed by atoms with Crippen molar-refractivity contribution in [1.82, 2.24) is 25.2 Å². The molecule has 0 spiro atoms. The average Bonchev–Trinajstić information content (AvgIpc) is 2.78. The summed E-state index contributed by atoms with van der Waals surface area (Å²) in [5, 5.41) is 1.90. The summed E-state index contributed by atoms with van der Waals surface area (Å²) in [7, 11) is 0. The summed E-state index contributed by atoms with van der Waals surface area (Å²) in [6.07, 6.45) is -4.36. The normalized spacial score (nSPS) is 16.8. The standard InChI is InChI=1S/C22H23F3N6O2/c1-26-20(32)17-5-3-15(12-27-17)31-8-6-30(7-9-31)13-14-2-4-16-18(10-14)29-21(33)19(28-16)11-22(23,24)25/h2-5,10,12H,6-9,11,13H2,1H3,(H,26,32)(H,29,33)/i1D3. The Balaban J connectivity index is 1.35. The summed E-state index contributed by atoms with van der Waals surface area (Å²) in [5.41, 5.74) is 0.998. The molecule has 1 saturated heterocycles. The molecule has 0 saturated carbocycles. The summed E-state index contributed by atoms with van der Waals surface area (Å²) >= 11 is 0. The highest BCUT2D eigenvalue weighted by atomic mass is 19.4. The molecule has 2 aromatic heterocycles. The molecule has 3 heterocycles. The number of hydrogen-bond donors (Lipinski definition) is 2. The minimum atomic E-state index is -4.51. The van der Waals surface area contributed by atoms with Crippen LogP contribution in [0.1, 0.15) is 25.9 Å². The third-order valence-electron chi connectivity index (χ3n) is 5.43. The number of alkyl halides is 3. The predicted molar refractivity (Wildman–Crippen MR) is 117 cm³/mol. The van der Waals surface area contributed by atoms with Gasteiger partial charge in [0.1, 0.15) is 11.4 Å². The highest BCUT2D eigenvalue weighted by molar-refractivity contribution is 5.92. The lowest BCUT2D eigenvalue weighted by Gasteiger charge is -2.36. The van der Waals surface area contributed by atoms with Crippen molar-refractivity contribution >= 4 is 22.6 Å². The van der Waals surface area contributed by atoms with E-state index in [1.54, 1.807) is 24.3 Å². The zero-order chi connectivity index (χ0) is 26.1. The summed E-state index contributed by atoms with van der Waals surface area (Å²) in [4.78, 5) is 38.7. The third-order valence-corrected chi connectivity index (χ3v) is 5.43. The highest BCUT2D eigenvalue weighted by Crippen LogP contribution is 2.21. The number of aromatic nitrogens is 3. The van der Waals surface area contributed by atoms with Crippen LogP contribution in [0.2, 0.25) is 0 Å². The van der Waals surface area contributed by atoms with Gasteiger partial charge in [0.15, 0.2) is 0 Å². The lowest BCUT2D eigenvalue weighted by molar-refractivity contribution is -0.128. The quantitative estimate of drug-likeness (QED) is 0.602. The lowest BCUT2D eigenvalue weighted by atomic mass is 10.1. The van der Waals surface area contributed by atoms with Crippen LogP contribution in [0.5, 0.6) is 0 Å². The molecular weight excluding hydrogens is 437 g/mol. The second-order valence-corrected chi connectivity index (χ2v) is 7.78. The van der Waals surface area contributed by atoms with E-state index in [1.165, 1.54) is 12.3 Å². The first-order valence-corrected chi connectivity index (χ1v) is 10.2. The molecule has 0 bridgehead atoms. The molecule has 1 fully saturated rings. The maximum atomic E-state index is 12.6. The second-order valence-electron chi connectivity index (χ2n) is 7.78. The Kier molecular flexibility index (Phi) is 5.30. The molecule has 0 aliphatic carbocycles. The van der Waals surface area contributed by atoms with E-state index in [4.69, 9.17) is 4.11 Å². The first-order chi connectivity index (χ1) is 16.9. The number of benzene rings is 1. The number of nitrogens with one attached hydrogen (secondary N) is 2. The van der Waals surface area contributed by atoms with Crippen molar-refractivity contribution in [3.05, 3.63) is 63.8 Å². The number of amides is 1. The summed E-state index contributed by atoms with van der Waals surface area (Å²) in [6, 6.07) is 8.31. The van der Waals surface area contributed by atoms with Crippen molar-refractivity contribution in [1.29, 1.82) is 0 Å². The van der Waals surface area contributed by atoms with Gasteiger partial charge in [0.05, 0.1) is 29.3 Å². The van der Waals surface area contributed by atoms with Crippen molar-refractivity contribution in [3.8, 4) is 0 Å². The Morgan fingerprint density at radius 1 is 1.21 bits per heavy atom. The van der Waals surface area contributed by atoms with E-state index in [0.29, 0.717) is 30.7 Å². The van der Waals surface area contributed by atoms with E-state index < -0.39 is 36.7 Å². The van der Waals surface area contributed by atoms with E-state index in [1.807, 2.05) is 5.32 Å². The number of nitrogens with zero attached hydrogens (tertiary/aromatic N) is 4. The lowest BCUT2D eigenvalue weighted by Crippen LogP contribution is -2.46. The molecule has 174 valence electrons. The Bertz CT molecular complexity index is 1300. The number of rotatable bonds is 5. The number of hydrogen-bond acceptors (Lipinski definition) is 6. The van der Waals surface area contributed by atoms with Crippen LogP contribution in [0.4, 0.5) is 18.9 Å². The van der Waals surface area contributed by atoms with Gasteiger partial charge < -0.3 is 15.2 Å². The topological polar surface area (TPSA) is 94.2 Å². The first kappa shape index (κ1) is 19.0. The number of fused-ring (bicyclic) bond motifs is 1. The van der Waals surface area contributed by atoms with Crippen molar-refractivity contribution in [3.63, 3.8) is 0 Å². The zero-order valence-corrected chi connectivity index (χ0v) is 17.4. The van der Waals surface area contributed by atoms with Gasteiger partial charge in [-0.25, -0.2) is 9.97 Å². The molecule has 0 unspecified atom stereocenters. The fraction of sp³-hybridized carbons (Fsp3) is 0.364. The van der Waals surface area contributed by atoms with Gasteiger partial charge in [0.25, 0.3) is 11.5 Å². The Labute approximate surface area is 191 Å². The van der Waals surface area contributed by atoms with Crippen LogP contribution in [-0.2, 0) is 13.0 Å². The van der Waals surface area contributed by atoms with Crippen molar-refractivity contribution in [2.24, 2.45) is 0 Å². The molecule has 1 aliphatic rings. The van der Waals surface area contributed by atoms with E-state index in [-0.39, 0.29) is 5.69 Å². The number of carbonyl (C=O) groups excluding carboxylic acids is 1. The highest BCUT2D eigenvalue weighted by Gasteiger charge is 2.30. The largest absolute Gasteiger partial charge is 0.394 e. The van der Waals surface area contributed by atoms with Gasteiger partial charge in [0.2, 0.25) is 0 Å². The smallest absolute Gasteiger partial charge is 0.368 e. The van der Waals surface area contributed by atoms with Crippen LogP contribution in [0, 0.1) is 0 Å². The maximum absolute atomic E-state index is 12.6. The number of aromatic amines is 1. The van der Waals surface area contributed by atoms with Gasteiger partial charge in [-0.05, 0) is 29.8 Å². The summed E-state index contributed by atoms with van der Waals surface area (Å²) in [5.74, 6) is -0.769. The minimum absolute atomic E-state index is 0.0165. The molecule has 1 amide bonds. The molecule has 3 aromatic rings. The Morgan fingerprint density at radius 2 is 2.00 bits per heavy atom. The summed E-state index contributed by atoms with van der Waals surface area (Å²) < 4.78 is 59.2. The number of anilines is 1. The van der Waals surface area contributed by atoms with Crippen molar-refractivity contribution < 1.29 is 22.1 Å². The Hall–Kier alpha value is -3.47. The number of halogens is 3. The minimum Gasteiger partial charge on any atom is -0.368 e. The number of H-pyrrole nitrogens is 1. The second kappa shape index (κ2) is 9.18. The van der Waals surface area contributed by atoms with Crippen LogP contribution in [0.15, 0.2) is 41.3 Å². The maximum Gasteiger partial charge on any atom is 0.394 e. The van der Waals surface area contributed by atoms with Crippen molar-refractivity contribution in [2.45, 2.75) is 19.1 Å².